The molecule has 2 aliphatic rings. The first-order valence-corrected chi connectivity index (χ1v) is 16.6. The van der Waals surface area contributed by atoms with Gasteiger partial charge in [0.25, 0.3) is 17.7 Å². The van der Waals surface area contributed by atoms with Gasteiger partial charge in [0.1, 0.15) is 18.7 Å². The van der Waals surface area contributed by atoms with E-state index in [9.17, 15) is 33.6 Å². The Labute approximate surface area is 285 Å². The first kappa shape index (κ1) is 38.5. The Morgan fingerprint density at radius 3 is 2.18 bits per heavy atom. The van der Waals surface area contributed by atoms with Crippen molar-refractivity contribution < 1.29 is 38.3 Å². The number of piperazine rings is 1. The molecule has 16 heteroatoms. The molecule has 0 spiro atoms. The van der Waals surface area contributed by atoms with E-state index >= 15 is 0 Å². The van der Waals surface area contributed by atoms with Crippen LogP contribution < -0.4 is 32.3 Å². The van der Waals surface area contributed by atoms with E-state index in [0.717, 1.165) is 4.90 Å². The van der Waals surface area contributed by atoms with Crippen molar-refractivity contribution in [3.05, 3.63) is 42.0 Å². The lowest BCUT2D eigenvalue weighted by Crippen LogP contribution is -2.57. The van der Waals surface area contributed by atoms with Crippen molar-refractivity contribution in [2.75, 3.05) is 44.2 Å². The number of benzene rings is 1. The van der Waals surface area contributed by atoms with Crippen LogP contribution in [0.1, 0.15) is 57.9 Å². The number of primary amides is 2. The van der Waals surface area contributed by atoms with Gasteiger partial charge in [0.15, 0.2) is 0 Å². The molecule has 268 valence electrons. The van der Waals surface area contributed by atoms with E-state index in [-0.39, 0.29) is 62.6 Å². The highest BCUT2D eigenvalue weighted by Crippen LogP contribution is 2.24. The number of imide groups is 1. The minimum absolute atomic E-state index is 0.00123. The molecule has 1 fully saturated rings. The van der Waals surface area contributed by atoms with Gasteiger partial charge in [0, 0.05) is 63.5 Å². The van der Waals surface area contributed by atoms with E-state index in [0.29, 0.717) is 56.7 Å². The molecule has 49 heavy (non-hydrogen) atoms. The second-order valence-corrected chi connectivity index (χ2v) is 12.3. The zero-order valence-electron chi connectivity index (χ0n) is 28.2. The van der Waals surface area contributed by atoms with Crippen molar-refractivity contribution in [1.82, 2.24) is 25.8 Å². The average molecular weight is 685 g/mol. The van der Waals surface area contributed by atoms with E-state index in [2.05, 4.69) is 16.0 Å². The molecular weight excluding hydrogens is 636 g/mol. The monoisotopic (exact) mass is 684 g/mol. The van der Waals surface area contributed by atoms with Crippen LogP contribution >= 0.6 is 0 Å². The Kier molecular flexibility index (Phi) is 15.0. The number of nitrogens with zero attached hydrogens (tertiary/aromatic N) is 3. The number of unbranched alkanes of at least 4 members (excludes halogenated alkanes) is 2. The average Bonchev–Trinajstić information content (AvgIpc) is 3.39. The summed E-state index contributed by atoms with van der Waals surface area (Å²) < 4.78 is 5.46. The van der Waals surface area contributed by atoms with E-state index in [4.69, 9.17) is 16.2 Å². The molecule has 1 aromatic carbocycles. The van der Waals surface area contributed by atoms with Crippen LogP contribution in [0.3, 0.4) is 0 Å². The molecule has 1 saturated heterocycles. The molecular formula is C33H48N8O8. The predicted octanol–water partition coefficient (Wildman–Crippen LogP) is 0.490. The van der Waals surface area contributed by atoms with Crippen molar-refractivity contribution in [2.45, 2.75) is 71.1 Å². The molecule has 1 aromatic rings. The molecule has 2 atom stereocenters. The van der Waals surface area contributed by atoms with Crippen LogP contribution in [0.2, 0.25) is 0 Å². The number of hydrogen-bond donors (Lipinski definition) is 5. The molecule has 16 nitrogen and oxygen atoms in total. The maximum atomic E-state index is 14.2. The minimum atomic E-state index is -1.12. The van der Waals surface area contributed by atoms with Crippen LogP contribution in [-0.2, 0) is 35.3 Å². The van der Waals surface area contributed by atoms with Crippen molar-refractivity contribution in [3.8, 4) is 0 Å². The first-order valence-electron chi connectivity index (χ1n) is 16.6. The molecule has 0 bridgehead atoms. The molecule has 0 radical (unpaired) electrons. The summed E-state index contributed by atoms with van der Waals surface area (Å²) in [6, 6.07) is 3.73. The second-order valence-electron chi connectivity index (χ2n) is 12.3. The van der Waals surface area contributed by atoms with Gasteiger partial charge in [-0.1, -0.05) is 32.4 Å². The van der Waals surface area contributed by atoms with Gasteiger partial charge in [-0.3, -0.25) is 33.8 Å². The van der Waals surface area contributed by atoms with Crippen LogP contribution in [0.5, 0.6) is 0 Å². The number of amides is 8. The van der Waals surface area contributed by atoms with Crippen molar-refractivity contribution in [1.29, 1.82) is 0 Å². The van der Waals surface area contributed by atoms with Crippen LogP contribution in [-0.4, -0.2) is 103 Å². The number of nitrogens with two attached hydrogens (primary N) is 2. The van der Waals surface area contributed by atoms with Gasteiger partial charge in [-0.15, -0.1) is 0 Å². The third-order valence-electron chi connectivity index (χ3n) is 8.22. The maximum absolute atomic E-state index is 14.2. The number of ether oxygens (including phenoxy) is 1. The summed E-state index contributed by atoms with van der Waals surface area (Å²) in [5.74, 6) is -2.77. The fraction of sp³-hybridized carbons (Fsp3) is 0.545. The Balaban J connectivity index is 1.70. The number of anilines is 1. The highest BCUT2D eigenvalue weighted by Gasteiger charge is 2.36. The lowest BCUT2D eigenvalue weighted by molar-refractivity contribution is -0.137. The summed E-state index contributed by atoms with van der Waals surface area (Å²) in [5.41, 5.74) is 12.0. The Morgan fingerprint density at radius 1 is 0.939 bits per heavy atom. The molecule has 3 rings (SSSR count). The number of hydrogen-bond acceptors (Lipinski definition) is 9. The highest BCUT2D eigenvalue weighted by molar-refractivity contribution is 6.12. The lowest BCUT2D eigenvalue weighted by atomic mass is 9.99. The summed E-state index contributed by atoms with van der Waals surface area (Å²) in [6.45, 7) is 6.43. The highest BCUT2D eigenvalue weighted by atomic mass is 16.6. The summed E-state index contributed by atoms with van der Waals surface area (Å²) in [7, 11) is 0. The summed E-state index contributed by atoms with van der Waals surface area (Å²) in [6.07, 6.45) is 4.09. The lowest BCUT2D eigenvalue weighted by Gasteiger charge is -2.34. The molecule has 0 unspecified atom stereocenters. The van der Waals surface area contributed by atoms with Crippen LogP contribution in [0.4, 0.5) is 15.3 Å². The van der Waals surface area contributed by atoms with Gasteiger partial charge in [-0.25, -0.2) is 9.59 Å². The smallest absolute Gasteiger partial charge is 0.410 e. The fourth-order valence-corrected chi connectivity index (χ4v) is 5.50. The molecule has 7 N–H and O–H groups in total. The third kappa shape index (κ3) is 11.9. The quantitative estimate of drug-likeness (QED) is 0.107. The number of urea groups is 1. The molecule has 0 aliphatic carbocycles. The number of rotatable bonds is 18. The van der Waals surface area contributed by atoms with Gasteiger partial charge < -0.3 is 37.1 Å². The van der Waals surface area contributed by atoms with Crippen molar-refractivity contribution in [3.63, 3.8) is 0 Å². The zero-order chi connectivity index (χ0) is 35.9. The van der Waals surface area contributed by atoms with Gasteiger partial charge >= 0.3 is 12.1 Å². The number of carbonyl (C=O) groups excluding carboxylic acids is 7. The largest absolute Gasteiger partial charge is 0.445 e. The predicted molar refractivity (Wildman–Crippen MR) is 179 cm³/mol. The Morgan fingerprint density at radius 2 is 1.59 bits per heavy atom. The van der Waals surface area contributed by atoms with Gasteiger partial charge in [0.2, 0.25) is 11.8 Å². The maximum Gasteiger partial charge on any atom is 0.410 e. The van der Waals surface area contributed by atoms with Crippen LogP contribution in [0.25, 0.3) is 0 Å². The topological polar surface area (TPSA) is 227 Å². The fourth-order valence-electron chi connectivity index (χ4n) is 5.50. The molecule has 8 amide bonds. The number of carbonyl (C=O) groups is 7. The SMILES string of the molecule is CC(C)[C@H](NC(=O)CCCCCN1C(=O)C=CC1=O)C(=O)N(c1ccc(COC(=O)N2CCNCC2)cc1)[C@@H](CCCNC(N)=O)C(N)=O. The third-order valence-corrected chi connectivity index (χ3v) is 8.22. The van der Waals surface area contributed by atoms with E-state index in [1.54, 1.807) is 43.0 Å². The molecule has 0 saturated carbocycles. The van der Waals surface area contributed by atoms with Gasteiger partial charge in [-0.2, -0.15) is 0 Å². The van der Waals surface area contributed by atoms with Gasteiger partial charge in [0.05, 0.1) is 0 Å². The second kappa shape index (κ2) is 19.1. The summed E-state index contributed by atoms with van der Waals surface area (Å²) >= 11 is 0. The number of nitrogens with one attached hydrogen (secondary N) is 3. The van der Waals surface area contributed by atoms with E-state index in [1.165, 1.54) is 17.1 Å². The Hall–Kier alpha value is -4.99. The first-order chi connectivity index (χ1) is 23.4. The van der Waals surface area contributed by atoms with E-state index < -0.39 is 36.0 Å². The zero-order valence-corrected chi connectivity index (χ0v) is 28.2. The van der Waals surface area contributed by atoms with Crippen LogP contribution in [0.15, 0.2) is 36.4 Å². The van der Waals surface area contributed by atoms with Crippen molar-refractivity contribution in [2.24, 2.45) is 17.4 Å². The summed E-state index contributed by atoms with van der Waals surface area (Å²) in [4.78, 5) is 91.1. The molecule has 2 aliphatic heterocycles. The molecule has 2 heterocycles. The Bertz CT molecular complexity index is 1360. The van der Waals surface area contributed by atoms with Crippen molar-refractivity contribution >= 4 is 47.3 Å². The van der Waals surface area contributed by atoms with Gasteiger partial charge in [-0.05, 0) is 49.3 Å². The normalized spacial score (nSPS) is 15.6. The standard InChI is InChI=1S/C33H48N8O8/c1-22(2)29(38-26(42)8-4-3-5-18-40-27(43)13-14-28(40)44)31(46)41(25(30(34)45)7-6-15-37-32(35)47)24-11-9-23(10-12-24)21-49-33(48)39-19-16-36-17-20-39/h9-14,22,25,29,36H,3-8,15-21H2,1-2H3,(H2,34,45)(H,38,42)(H3,35,37,47)/t25-,29-/m0/s1. The molecule has 0 aromatic heterocycles. The minimum Gasteiger partial charge on any atom is -0.445 e. The van der Waals surface area contributed by atoms with E-state index in [1.807, 2.05) is 0 Å². The summed E-state index contributed by atoms with van der Waals surface area (Å²) in [5, 5.41) is 8.44. The van der Waals surface area contributed by atoms with Crippen LogP contribution in [0, 0.1) is 5.92 Å².